The summed E-state index contributed by atoms with van der Waals surface area (Å²) in [6.07, 6.45) is 10.2. The van der Waals surface area contributed by atoms with Crippen LogP contribution in [0.4, 0.5) is 0 Å². The number of carbonyl (C=O) groups is 2. The van der Waals surface area contributed by atoms with Crippen LogP contribution in [0.1, 0.15) is 98.3 Å². The molecule has 0 spiro atoms. The van der Waals surface area contributed by atoms with Gasteiger partial charge in [-0.15, -0.1) is 0 Å². The Labute approximate surface area is 148 Å². The van der Waals surface area contributed by atoms with Crippen LogP contribution in [0.5, 0.6) is 0 Å². The first kappa shape index (κ1) is 22.9. The Morgan fingerprint density at radius 3 is 2.08 bits per heavy atom. The molecular weight excluding hydrogens is 304 g/mol. The highest BCUT2D eigenvalue weighted by molar-refractivity contribution is 5.77. The monoisotopic (exact) mass is 342 g/mol. The van der Waals surface area contributed by atoms with Crippen molar-refractivity contribution in [2.75, 3.05) is 6.61 Å². The molecule has 142 valence electrons. The van der Waals surface area contributed by atoms with Gasteiger partial charge in [-0.05, 0) is 32.1 Å². The molecule has 0 aromatic rings. The Balaban J connectivity index is 3.55. The van der Waals surface area contributed by atoms with Crippen molar-refractivity contribution in [3.05, 3.63) is 0 Å². The van der Waals surface area contributed by atoms with Gasteiger partial charge in [-0.1, -0.05) is 59.3 Å². The third-order valence-corrected chi connectivity index (χ3v) is 4.02. The molecule has 0 aliphatic rings. The topological polar surface area (TPSA) is 52.6 Å². The van der Waals surface area contributed by atoms with Crippen molar-refractivity contribution in [2.45, 2.75) is 104 Å². The van der Waals surface area contributed by atoms with Crippen molar-refractivity contribution in [3.63, 3.8) is 0 Å². The average Bonchev–Trinajstić information content (AvgIpc) is 2.51. The van der Waals surface area contributed by atoms with Crippen LogP contribution in [-0.4, -0.2) is 24.6 Å². The van der Waals surface area contributed by atoms with E-state index in [1.54, 1.807) is 0 Å². The second-order valence-corrected chi connectivity index (χ2v) is 7.11. The molecular formula is C20H38O4. The fraction of sp³-hybridized carbons (Fsp3) is 0.900. The Kier molecular flexibility index (Phi) is 14.8. The molecule has 0 aromatic carbocycles. The van der Waals surface area contributed by atoms with Crippen molar-refractivity contribution in [1.82, 2.24) is 0 Å². The molecule has 0 rings (SSSR count). The van der Waals surface area contributed by atoms with Gasteiger partial charge in [0.1, 0.15) is 0 Å². The number of ether oxygens (including phenoxy) is 2. The summed E-state index contributed by atoms with van der Waals surface area (Å²) >= 11 is 0. The molecule has 1 atom stereocenters. The lowest BCUT2D eigenvalue weighted by molar-refractivity contribution is -0.153. The van der Waals surface area contributed by atoms with Crippen LogP contribution in [0.2, 0.25) is 0 Å². The van der Waals surface area contributed by atoms with Gasteiger partial charge in [0, 0.05) is 0 Å². The number of carbonyl (C=O) groups excluding carboxylic acids is 2. The van der Waals surface area contributed by atoms with Gasteiger partial charge in [0.2, 0.25) is 0 Å². The van der Waals surface area contributed by atoms with Crippen LogP contribution in [0.3, 0.4) is 0 Å². The Morgan fingerprint density at radius 1 is 0.792 bits per heavy atom. The predicted molar refractivity (Wildman–Crippen MR) is 97.8 cm³/mol. The highest BCUT2D eigenvalue weighted by Gasteiger charge is 2.12. The maximum atomic E-state index is 11.7. The van der Waals surface area contributed by atoms with E-state index in [0.717, 1.165) is 32.1 Å². The summed E-state index contributed by atoms with van der Waals surface area (Å²) in [5, 5.41) is 0. The van der Waals surface area contributed by atoms with E-state index in [9.17, 15) is 9.59 Å². The van der Waals surface area contributed by atoms with Crippen LogP contribution in [0.25, 0.3) is 0 Å². The van der Waals surface area contributed by atoms with Crippen LogP contribution < -0.4 is 0 Å². The maximum Gasteiger partial charge on any atom is 0.306 e. The van der Waals surface area contributed by atoms with Gasteiger partial charge in [0.25, 0.3) is 0 Å². The normalized spacial score (nSPS) is 12.2. The predicted octanol–water partition coefficient (Wildman–Crippen LogP) is 5.43. The Hall–Kier alpha value is -1.06. The molecule has 0 amide bonds. The fourth-order valence-electron chi connectivity index (χ4n) is 2.50. The summed E-state index contributed by atoms with van der Waals surface area (Å²) in [5.41, 5.74) is 0. The Morgan fingerprint density at radius 2 is 1.42 bits per heavy atom. The van der Waals surface area contributed by atoms with E-state index in [1.165, 1.54) is 25.7 Å². The van der Waals surface area contributed by atoms with E-state index >= 15 is 0 Å². The summed E-state index contributed by atoms with van der Waals surface area (Å²) in [4.78, 5) is 23.3. The number of esters is 2. The number of hydrogen-bond donors (Lipinski definition) is 0. The van der Waals surface area contributed by atoms with Gasteiger partial charge < -0.3 is 9.47 Å². The minimum Gasteiger partial charge on any atom is -0.466 e. The van der Waals surface area contributed by atoms with E-state index in [0.29, 0.717) is 12.5 Å². The molecule has 4 heteroatoms. The van der Waals surface area contributed by atoms with Crippen LogP contribution >= 0.6 is 0 Å². The van der Waals surface area contributed by atoms with Crippen molar-refractivity contribution in [1.29, 1.82) is 0 Å². The van der Waals surface area contributed by atoms with E-state index < -0.39 is 0 Å². The Bertz CT molecular complexity index is 326. The number of hydrogen-bond acceptors (Lipinski definition) is 4. The van der Waals surface area contributed by atoms with Gasteiger partial charge in [-0.25, -0.2) is 0 Å². The van der Waals surface area contributed by atoms with Crippen molar-refractivity contribution >= 4 is 11.9 Å². The lowest BCUT2D eigenvalue weighted by Crippen LogP contribution is -2.16. The van der Waals surface area contributed by atoms with Gasteiger partial charge in [0.05, 0.1) is 25.6 Å². The van der Waals surface area contributed by atoms with E-state index in [4.69, 9.17) is 9.47 Å². The molecule has 0 heterocycles. The van der Waals surface area contributed by atoms with Gasteiger partial charge in [0.15, 0.2) is 0 Å². The standard InChI is InChI=1S/C20H38O4/c1-5-6-7-8-9-10-16-23-19(21)14-15-20(22)24-18(4)13-11-12-17(2)3/h17-18H,5-16H2,1-4H3. The van der Waals surface area contributed by atoms with Gasteiger partial charge in [-0.3, -0.25) is 9.59 Å². The van der Waals surface area contributed by atoms with Gasteiger partial charge >= 0.3 is 11.9 Å². The summed E-state index contributed by atoms with van der Waals surface area (Å²) in [5.74, 6) is 0.0749. The van der Waals surface area contributed by atoms with E-state index in [2.05, 4.69) is 20.8 Å². The third kappa shape index (κ3) is 15.8. The van der Waals surface area contributed by atoms with Crippen LogP contribution in [0, 0.1) is 5.92 Å². The molecule has 1 unspecified atom stereocenters. The second-order valence-electron chi connectivity index (χ2n) is 7.11. The van der Waals surface area contributed by atoms with Crippen molar-refractivity contribution in [3.8, 4) is 0 Å². The third-order valence-electron chi connectivity index (χ3n) is 4.02. The molecule has 0 aromatic heterocycles. The van der Waals surface area contributed by atoms with Gasteiger partial charge in [-0.2, -0.15) is 0 Å². The molecule has 0 N–H and O–H groups in total. The quantitative estimate of drug-likeness (QED) is 0.294. The molecule has 0 aliphatic heterocycles. The summed E-state index contributed by atoms with van der Waals surface area (Å²) < 4.78 is 10.5. The molecule has 0 bridgehead atoms. The van der Waals surface area contributed by atoms with Crippen molar-refractivity contribution < 1.29 is 19.1 Å². The number of rotatable bonds is 15. The summed E-state index contributed by atoms with van der Waals surface area (Å²) in [6, 6.07) is 0. The lowest BCUT2D eigenvalue weighted by Gasteiger charge is -2.13. The van der Waals surface area contributed by atoms with Crippen LogP contribution in [0.15, 0.2) is 0 Å². The average molecular weight is 343 g/mol. The molecule has 0 radical (unpaired) electrons. The zero-order valence-electron chi connectivity index (χ0n) is 16.3. The molecule has 0 fully saturated rings. The highest BCUT2D eigenvalue weighted by Crippen LogP contribution is 2.11. The molecule has 4 nitrogen and oxygen atoms in total. The SMILES string of the molecule is CCCCCCCCOC(=O)CCC(=O)OC(C)CCCC(C)C. The minimum absolute atomic E-state index is 0.0737. The molecule has 0 aliphatic carbocycles. The second kappa shape index (κ2) is 15.5. The summed E-state index contributed by atoms with van der Waals surface area (Å²) in [7, 11) is 0. The van der Waals surface area contributed by atoms with E-state index in [-0.39, 0.29) is 30.9 Å². The van der Waals surface area contributed by atoms with Crippen molar-refractivity contribution in [2.24, 2.45) is 5.92 Å². The summed E-state index contributed by atoms with van der Waals surface area (Å²) in [6.45, 7) is 8.95. The molecule has 0 saturated carbocycles. The smallest absolute Gasteiger partial charge is 0.306 e. The van der Waals surface area contributed by atoms with Crippen LogP contribution in [-0.2, 0) is 19.1 Å². The molecule has 24 heavy (non-hydrogen) atoms. The maximum absolute atomic E-state index is 11.7. The zero-order valence-corrected chi connectivity index (χ0v) is 16.3. The first-order valence-electron chi connectivity index (χ1n) is 9.80. The highest BCUT2D eigenvalue weighted by atomic mass is 16.5. The number of unbranched alkanes of at least 4 members (excludes halogenated alkanes) is 5. The lowest BCUT2D eigenvalue weighted by atomic mass is 10.0. The van der Waals surface area contributed by atoms with E-state index in [1.807, 2.05) is 6.92 Å². The fourth-order valence-corrected chi connectivity index (χ4v) is 2.50. The first-order chi connectivity index (χ1) is 11.5. The minimum atomic E-state index is -0.302. The largest absolute Gasteiger partial charge is 0.466 e. The molecule has 0 saturated heterocycles. The zero-order chi connectivity index (χ0) is 18.2. The first-order valence-corrected chi connectivity index (χ1v) is 9.80.